The summed E-state index contributed by atoms with van der Waals surface area (Å²) in [5.41, 5.74) is 3.42. The van der Waals surface area contributed by atoms with E-state index in [1.807, 2.05) is 30.5 Å². The van der Waals surface area contributed by atoms with Crippen molar-refractivity contribution in [2.45, 2.75) is 5.88 Å². The number of nitrogens with zero attached hydrogens (tertiary/aromatic N) is 1. The fourth-order valence-electron chi connectivity index (χ4n) is 1.37. The second-order valence-electron chi connectivity index (χ2n) is 3.08. The topological polar surface area (TPSA) is 12.9 Å². The first kappa shape index (κ1) is 9.22. The standard InChI is InChI=1S/C12H10ClN/c13-8-10-3-1-4-11(7-10)12-5-2-6-14-9-12/h1-7,9H,8H2. The monoisotopic (exact) mass is 203 g/mol. The van der Waals surface area contributed by atoms with Gasteiger partial charge in [-0.05, 0) is 28.8 Å². The maximum atomic E-state index is 5.77. The Morgan fingerprint density at radius 3 is 2.64 bits per heavy atom. The van der Waals surface area contributed by atoms with Crippen molar-refractivity contribution in [1.29, 1.82) is 0 Å². The third-order valence-electron chi connectivity index (χ3n) is 2.08. The molecule has 0 fully saturated rings. The van der Waals surface area contributed by atoms with Crippen LogP contribution in [0.15, 0.2) is 48.8 Å². The van der Waals surface area contributed by atoms with Crippen LogP contribution in [0.2, 0.25) is 0 Å². The molecule has 2 rings (SSSR count). The molecule has 1 nitrogen and oxygen atoms in total. The minimum Gasteiger partial charge on any atom is -0.264 e. The number of pyridine rings is 1. The zero-order valence-corrected chi connectivity index (χ0v) is 8.41. The zero-order valence-electron chi connectivity index (χ0n) is 7.65. The van der Waals surface area contributed by atoms with Gasteiger partial charge in [0.25, 0.3) is 0 Å². The first-order valence-corrected chi connectivity index (χ1v) is 4.99. The molecule has 0 radical (unpaired) electrons. The first-order valence-electron chi connectivity index (χ1n) is 4.45. The van der Waals surface area contributed by atoms with E-state index in [-0.39, 0.29) is 0 Å². The summed E-state index contributed by atoms with van der Waals surface area (Å²) < 4.78 is 0. The van der Waals surface area contributed by atoms with Crippen LogP contribution in [0.4, 0.5) is 0 Å². The van der Waals surface area contributed by atoms with Crippen molar-refractivity contribution in [3.63, 3.8) is 0 Å². The number of aromatic nitrogens is 1. The number of hydrogen-bond donors (Lipinski definition) is 0. The van der Waals surface area contributed by atoms with Gasteiger partial charge in [-0.3, -0.25) is 4.98 Å². The molecule has 0 atom stereocenters. The highest BCUT2D eigenvalue weighted by Gasteiger charge is 1.97. The Morgan fingerprint density at radius 1 is 1.07 bits per heavy atom. The molecule has 0 saturated carbocycles. The Balaban J connectivity index is 2.42. The Morgan fingerprint density at radius 2 is 1.93 bits per heavy atom. The van der Waals surface area contributed by atoms with Crippen LogP contribution in [0.1, 0.15) is 5.56 Å². The lowest BCUT2D eigenvalue weighted by Crippen LogP contribution is -1.82. The number of benzene rings is 1. The van der Waals surface area contributed by atoms with Crippen LogP contribution in [-0.4, -0.2) is 4.98 Å². The Kier molecular flexibility index (Phi) is 2.80. The Hall–Kier alpha value is -1.34. The summed E-state index contributed by atoms with van der Waals surface area (Å²) in [5, 5.41) is 0. The summed E-state index contributed by atoms with van der Waals surface area (Å²) in [5.74, 6) is 0.550. The summed E-state index contributed by atoms with van der Waals surface area (Å²) in [6.45, 7) is 0. The van der Waals surface area contributed by atoms with Gasteiger partial charge >= 0.3 is 0 Å². The summed E-state index contributed by atoms with van der Waals surface area (Å²) >= 11 is 5.77. The normalized spacial score (nSPS) is 10.1. The highest BCUT2D eigenvalue weighted by Crippen LogP contribution is 2.19. The molecule has 70 valence electrons. The van der Waals surface area contributed by atoms with Crippen LogP contribution in [-0.2, 0) is 5.88 Å². The van der Waals surface area contributed by atoms with E-state index >= 15 is 0 Å². The van der Waals surface area contributed by atoms with Gasteiger partial charge in [0.2, 0.25) is 0 Å². The third-order valence-corrected chi connectivity index (χ3v) is 2.38. The van der Waals surface area contributed by atoms with Crippen LogP contribution < -0.4 is 0 Å². The molecular weight excluding hydrogens is 194 g/mol. The van der Waals surface area contributed by atoms with Crippen LogP contribution in [0.25, 0.3) is 11.1 Å². The summed E-state index contributed by atoms with van der Waals surface area (Å²) in [4.78, 5) is 4.08. The highest BCUT2D eigenvalue weighted by atomic mass is 35.5. The summed E-state index contributed by atoms with van der Waals surface area (Å²) in [7, 11) is 0. The van der Waals surface area contributed by atoms with Gasteiger partial charge in [0.1, 0.15) is 0 Å². The van der Waals surface area contributed by atoms with Crippen molar-refractivity contribution >= 4 is 11.6 Å². The van der Waals surface area contributed by atoms with Gasteiger partial charge in [-0.1, -0.05) is 24.3 Å². The second-order valence-corrected chi connectivity index (χ2v) is 3.34. The van der Waals surface area contributed by atoms with E-state index in [0.717, 1.165) is 16.7 Å². The lowest BCUT2D eigenvalue weighted by atomic mass is 10.1. The van der Waals surface area contributed by atoms with E-state index in [2.05, 4.69) is 17.1 Å². The smallest absolute Gasteiger partial charge is 0.0474 e. The van der Waals surface area contributed by atoms with E-state index in [1.54, 1.807) is 6.20 Å². The molecule has 1 heterocycles. The minimum absolute atomic E-state index is 0.550. The van der Waals surface area contributed by atoms with Crippen LogP contribution >= 0.6 is 11.6 Å². The van der Waals surface area contributed by atoms with Crippen molar-refractivity contribution in [3.8, 4) is 11.1 Å². The predicted molar refractivity (Wildman–Crippen MR) is 59.2 cm³/mol. The molecular formula is C12H10ClN. The predicted octanol–water partition coefficient (Wildman–Crippen LogP) is 3.49. The summed E-state index contributed by atoms with van der Waals surface area (Å²) in [6.07, 6.45) is 3.63. The lowest BCUT2D eigenvalue weighted by molar-refractivity contribution is 1.32. The zero-order chi connectivity index (χ0) is 9.80. The Bertz CT molecular complexity index is 412. The van der Waals surface area contributed by atoms with Crippen LogP contribution in [0, 0.1) is 0 Å². The molecule has 1 aromatic heterocycles. The molecule has 1 aromatic carbocycles. The fourth-order valence-corrected chi connectivity index (χ4v) is 1.53. The van der Waals surface area contributed by atoms with Crippen molar-refractivity contribution in [2.75, 3.05) is 0 Å². The number of halogens is 1. The van der Waals surface area contributed by atoms with Crippen LogP contribution in [0.5, 0.6) is 0 Å². The molecule has 0 unspecified atom stereocenters. The largest absolute Gasteiger partial charge is 0.264 e. The van der Waals surface area contributed by atoms with E-state index < -0.39 is 0 Å². The average molecular weight is 204 g/mol. The number of rotatable bonds is 2. The van der Waals surface area contributed by atoms with E-state index in [4.69, 9.17) is 11.6 Å². The van der Waals surface area contributed by atoms with Gasteiger partial charge in [0.05, 0.1) is 0 Å². The van der Waals surface area contributed by atoms with Gasteiger partial charge in [0.15, 0.2) is 0 Å². The Labute approximate surface area is 88.4 Å². The number of hydrogen-bond acceptors (Lipinski definition) is 1. The molecule has 0 bridgehead atoms. The maximum Gasteiger partial charge on any atom is 0.0474 e. The summed E-state index contributed by atoms with van der Waals surface area (Å²) in [6, 6.07) is 12.2. The molecule has 0 aliphatic heterocycles. The SMILES string of the molecule is ClCc1cccc(-c2cccnc2)c1. The molecule has 2 aromatic rings. The van der Waals surface area contributed by atoms with Gasteiger partial charge in [-0.15, -0.1) is 11.6 Å². The quantitative estimate of drug-likeness (QED) is 0.681. The van der Waals surface area contributed by atoms with Gasteiger partial charge in [-0.25, -0.2) is 0 Å². The fraction of sp³-hybridized carbons (Fsp3) is 0.0833. The third kappa shape index (κ3) is 1.94. The lowest BCUT2D eigenvalue weighted by Gasteiger charge is -2.02. The van der Waals surface area contributed by atoms with Crippen molar-refractivity contribution in [2.24, 2.45) is 0 Å². The van der Waals surface area contributed by atoms with Crippen molar-refractivity contribution in [1.82, 2.24) is 4.98 Å². The molecule has 0 spiro atoms. The van der Waals surface area contributed by atoms with Gasteiger partial charge < -0.3 is 0 Å². The second kappa shape index (κ2) is 4.25. The van der Waals surface area contributed by atoms with Gasteiger partial charge in [0, 0.05) is 18.3 Å². The molecule has 0 aliphatic carbocycles. The van der Waals surface area contributed by atoms with Crippen LogP contribution in [0.3, 0.4) is 0 Å². The molecule has 0 saturated heterocycles. The first-order chi connectivity index (χ1) is 6.90. The molecule has 0 aliphatic rings. The maximum absolute atomic E-state index is 5.77. The van der Waals surface area contributed by atoms with Gasteiger partial charge in [-0.2, -0.15) is 0 Å². The molecule has 0 amide bonds. The highest BCUT2D eigenvalue weighted by molar-refractivity contribution is 6.17. The minimum atomic E-state index is 0.550. The number of alkyl halides is 1. The van der Waals surface area contributed by atoms with Crippen molar-refractivity contribution in [3.05, 3.63) is 54.4 Å². The molecule has 14 heavy (non-hydrogen) atoms. The molecule has 2 heteroatoms. The van der Waals surface area contributed by atoms with E-state index in [0.29, 0.717) is 5.88 Å². The average Bonchev–Trinajstić information content (AvgIpc) is 2.30. The molecule has 0 N–H and O–H groups in total. The van der Waals surface area contributed by atoms with E-state index in [9.17, 15) is 0 Å². The van der Waals surface area contributed by atoms with Crippen molar-refractivity contribution < 1.29 is 0 Å². The van der Waals surface area contributed by atoms with E-state index in [1.165, 1.54) is 0 Å².